The summed E-state index contributed by atoms with van der Waals surface area (Å²) in [5.41, 5.74) is 12.8. The maximum absolute atomic E-state index is 13.0. The predicted octanol–water partition coefficient (Wildman–Crippen LogP) is 3.56. The summed E-state index contributed by atoms with van der Waals surface area (Å²) in [5.74, 6) is -0.272. The number of carbonyl (C=O) groups is 2. The molecule has 3 rings (SSSR count). The standard InChI is InChI=1S/C29H32N4O5/c1-28(2,32)21-14-22(19-7-5-18(16-30)6-8-19)33-26(15-21)29(3,36)12-11-23(34)20-9-10-24(25(13-20)37-4)38-17-27(31)35/h5-10,13-15,36H,11-12,17,32H2,1-4H3,(H2,31,35). The maximum Gasteiger partial charge on any atom is 0.255 e. The number of hydrogen-bond donors (Lipinski definition) is 3. The van der Waals surface area contributed by atoms with E-state index >= 15 is 0 Å². The largest absolute Gasteiger partial charge is 0.493 e. The molecule has 3 aromatic rings. The van der Waals surface area contributed by atoms with Crippen LogP contribution in [0, 0.1) is 11.3 Å². The van der Waals surface area contributed by atoms with Crippen LogP contribution in [0.1, 0.15) is 60.8 Å². The fraction of sp³-hybridized carbons (Fsp3) is 0.310. The van der Waals surface area contributed by atoms with Crippen molar-refractivity contribution in [1.82, 2.24) is 4.98 Å². The molecule has 0 spiro atoms. The highest BCUT2D eigenvalue weighted by Gasteiger charge is 2.29. The van der Waals surface area contributed by atoms with Crippen molar-refractivity contribution >= 4 is 11.7 Å². The van der Waals surface area contributed by atoms with Crippen LogP contribution < -0.4 is 20.9 Å². The Balaban J connectivity index is 1.85. The SMILES string of the molecule is COc1cc(C(=O)CCC(C)(O)c2cc(C(C)(C)N)cc(-c3ccc(C#N)cc3)n2)ccc1OCC(N)=O. The molecule has 9 nitrogen and oxygen atoms in total. The number of nitrogens with zero attached hydrogens (tertiary/aromatic N) is 2. The number of nitrogens with two attached hydrogens (primary N) is 2. The zero-order valence-corrected chi connectivity index (χ0v) is 21.9. The van der Waals surface area contributed by atoms with Crippen molar-refractivity contribution in [3.8, 4) is 28.8 Å². The third-order valence-corrected chi connectivity index (χ3v) is 6.13. The minimum absolute atomic E-state index is 0.0295. The predicted molar refractivity (Wildman–Crippen MR) is 142 cm³/mol. The van der Waals surface area contributed by atoms with E-state index in [4.69, 9.17) is 31.2 Å². The average Bonchev–Trinajstić information content (AvgIpc) is 2.89. The van der Waals surface area contributed by atoms with E-state index in [1.54, 1.807) is 43.3 Å². The van der Waals surface area contributed by atoms with Crippen molar-refractivity contribution in [3.05, 3.63) is 77.0 Å². The zero-order valence-electron chi connectivity index (χ0n) is 21.9. The normalized spacial score (nSPS) is 12.8. The van der Waals surface area contributed by atoms with E-state index in [1.807, 2.05) is 19.9 Å². The Morgan fingerprint density at radius 1 is 1.05 bits per heavy atom. The Hall–Kier alpha value is -4.26. The number of amides is 1. The molecule has 0 aliphatic rings. The van der Waals surface area contributed by atoms with Gasteiger partial charge >= 0.3 is 0 Å². The van der Waals surface area contributed by atoms with Crippen LogP contribution in [0.15, 0.2) is 54.6 Å². The zero-order chi connectivity index (χ0) is 28.1. The topological polar surface area (TPSA) is 162 Å². The van der Waals surface area contributed by atoms with Crippen molar-refractivity contribution in [3.63, 3.8) is 0 Å². The fourth-order valence-corrected chi connectivity index (χ4v) is 3.78. The van der Waals surface area contributed by atoms with Crippen LogP contribution in [0.5, 0.6) is 11.5 Å². The Morgan fingerprint density at radius 2 is 1.74 bits per heavy atom. The first kappa shape index (κ1) is 28.3. The lowest BCUT2D eigenvalue weighted by atomic mass is 9.88. The van der Waals surface area contributed by atoms with Gasteiger partial charge in [0.2, 0.25) is 0 Å². The number of carbonyl (C=O) groups excluding carboxylic acids is 2. The van der Waals surface area contributed by atoms with Crippen molar-refractivity contribution < 1.29 is 24.2 Å². The molecule has 0 fully saturated rings. The van der Waals surface area contributed by atoms with Gasteiger partial charge in [0.1, 0.15) is 5.60 Å². The number of Topliss-reactive ketones (excluding diaryl/α,β-unsaturated/α-hetero) is 1. The van der Waals surface area contributed by atoms with Crippen molar-refractivity contribution in [2.75, 3.05) is 13.7 Å². The Morgan fingerprint density at radius 3 is 2.32 bits per heavy atom. The minimum Gasteiger partial charge on any atom is -0.493 e. The minimum atomic E-state index is -1.44. The van der Waals surface area contributed by atoms with Gasteiger partial charge in [-0.2, -0.15) is 5.26 Å². The van der Waals surface area contributed by atoms with Gasteiger partial charge < -0.3 is 26.0 Å². The van der Waals surface area contributed by atoms with Crippen LogP contribution in [-0.2, 0) is 15.9 Å². The fourth-order valence-electron chi connectivity index (χ4n) is 3.78. The van der Waals surface area contributed by atoms with E-state index in [-0.39, 0.29) is 36.7 Å². The molecule has 198 valence electrons. The third kappa shape index (κ3) is 6.94. The number of ketones is 1. The number of aromatic nitrogens is 1. The van der Waals surface area contributed by atoms with Crippen LogP contribution in [0.4, 0.5) is 0 Å². The molecule has 0 saturated carbocycles. The highest BCUT2D eigenvalue weighted by molar-refractivity contribution is 5.96. The number of methoxy groups -OCH3 is 1. The van der Waals surface area contributed by atoms with Crippen LogP contribution in [-0.4, -0.2) is 35.5 Å². The molecule has 1 heterocycles. The summed E-state index contributed by atoms with van der Waals surface area (Å²) in [6.07, 6.45) is 0.129. The van der Waals surface area contributed by atoms with Gasteiger partial charge in [-0.25, -0.2) is 4.98 Å². The third-order valence-electron chi connectivity index (χ3n) is 6.13. The lowest BCUT2D eigenvalue weighted by Gasteiger charge is -2.27. The molecule has 0 saturated heterocycles. The Kier molecular flexibility index (Phi) is 8.51. The molecular formula is C29H32N4O5. The molecule has 1 aromatic heterocycles. The first-order valence-electron chi connectivity index (χ1n) is 12.0. The Bertz CT molecular complexity index is 1370. The molecular weight excluding hydrogens is 484 g/mol. The van der Waals surface area contributed by atoms with Gasteiger partial charge in [0.15, 0.2) is 23.9 Å². The number of primary amides is 1. The number of hydrogen-bond acceptors (Lipinski definition) is 8. The number of benzene rings is 2. The van der Waals surface area contributed by atoms with Gasteiger partial charge in [0.25, 0.3) is 5.91 Å². The van der Waals surface area contributed by atoms with E-state index in [0.29, 0.717) is 22.5 Å². The smallest absolute Gasteiger partial charge is 0.255 e. The molecule has 0 aliphatic carbocycles. The Labute approximate surface area is 222 Å². The number of rotatable bonds is 11. The lowest BCUT2D eigenvalue weighted by molar-refractivity contribution is -0.119. The second kappa shape index (κ2) is 11.4. The molecule has 0 bridgehead atoms. The van der Waals surface area contributed by atoms with Gasteiger partial charge in [-0.05, 0) is 75.2 Å². The summed E-state index contributed by atoms with van der Waals surface area (Å²) in [7, 11) is 1.43. The van der Waals surface area contributed by atoms with E-state index in [0.717, 1.165) is 11.1 Å². The molecule has 38 heavy (non-hydrogen) atoms. The molecule has 1 amide bonds. The van der Waals surface area contributed by atoms with E-state index in [9.17, 15) is 14.7 Å². The molecule has 9 heteroatoms. The van der Waals surface area contributed by atoms with Crippen molar-refractivity contribution in [2.45, 2.75) is 44.8 Å². The number of pyridine rings is 1. The lowest BCUT2D eigenvalue weighted by Crippen LogP contribution is -2.31. The number of ether oxygens (including phenoxy) is 2. The van der Waals surface area contributed by atoms with E-state index in [1.165, 1.54) is 19.2 Å². The van der Waals surface area contributed by atoms with Gasteiger partial charge in [0, 0.05) is 23.1 Å². The van der Waals surface area contributed by atoms with Gasteiger partial charge in [-0.1, -0.05) is 12.1 Å². The van der Waals surface area contributed by atoms with Crippen LogP contribution in [0.25, 0.3) is 11.3 Å². The summed E-state index contributed by atoms with van der Waals surface area (Å²) in [6, 6.07) is 17.3. The van der Waals surface area contributed by atoms with Gasteiger partial charge in [-0.15, -0.1) is 0 Å². The van der Waals surface area contributed by atoms with Gasteiger partial charge in [0.05, 0.1) is 30.1 Å². The molecule has 0 aliphatic heterocycles. The number of aliphatic hydroxyl groups is 1. The molecule has 5 N–H and O–H groups in total. The summed E-state index contributed by atoms with van der Waals surface area (Å²) in [4.78, 5) is 28.7. The van der Waals surface area contributed by atoms with Crippen LogP contribution in [0.3, 0.4) is 0 Å². The molecule has 1 atom stereocenters. The van der Waals surface area contributed by atoms with E-state index < -0.39 is 17.0 Å². The highest BCUT2D eigenvalue weighted by atomic mass is 16.5. The summed E-state index contributed by atoms with van der Waals surface area (Å²) in [6.45, 7) is 5.01. The molecule has 1 unspecified atom stereocenters. The average molecular weight is 517 g/mol. The van der Waals surface area contributed by atoms with E-state index in [2.05, 4.69) is 6.07 Å². The second-order valence-electron chi connectivity index (χ2n) is 9.85. The van der Waals surface area contributed by atoms with Crippen LogP contribution >= 0.6 is 0 Å². The summed E-state index contributed by atoms with van der Waals surface area (Å²) < 4.78 is 10.6. The highest BCUT2D eigenvalue weighted by Crippen LogP contribution is 2.33. The maximum atomic E-state index is 13.0. The summed E-state index contributed by atoms with van der Waals surface area (Å²) >= 11 is 0. The monoisotopic (exact) mass is 516 g/mol. The van der Waals surface area contributed by atoms with Gasteiger partial charge in [-0.3, -0.25) is 9.59 Å². The first-order chi connectivity index (χ1) is 17.8. The van der Waals surface area contributed by atoms with Crippen LogP contribution in [0.2, 0.25) is 0 Å². The number of nitriles is 1. The quantitative estimate of drug-likeness (QED) is 0.326. The first-order valence-corrected chi connectivity index (χ1v) is 12.0. The molecule has 2 aromatic carbocycles. The molecule has 0 radical (unpaired) electrons. The van der Waals surface area contributed by atoms with Crippen molar-refractivity contribution in [2.24, 2.45) is 11.5 Å². The van der Waals surface area contributed by atoms with Crippen molar-refractivity contribution in [1.29, 1.82) is 5.26 Å². The summed E-state index contributed by atoms with van der Waals surface area (Å²) in [5, 5.41) is 20.5. The second-order valence-corrected chi connectivity index (χ2v) is 9.85.